The van der Waals surface area contributed by atoms with Crippen LogP contribution in [0.2, 0.25) is 0 Å². The number of carbonyl (C=O) groups excluding carboxylic acids is 1. The minimum absolute atomic E-state index is 0.0981. The first-order valence-electron chi connectivity index (χ1n) is 13.5. The van der Waals surface area contributed by atoms with Crippen LogP contribution in [0, 0.1) is 5.82 Å². The van der Waals surface area contributed by atoms with Crippen LogP contribution in [0.15, 0.2) is 79.0 Å². The van der Waals surface area contributed by atoms with E-state index in [1.165, 1.54) is 12.1 Å². The molecule has 0 radical (unpaired) electrons. The summed E-state index contributed by atoms with van der Waals surface area (Å²) in [6.07, 6.45) is -0.623. The molecule has 9 heteroatoms. The number of carboxylic acids is 1. The smallest absolute Gasteiger partial charge is 0.305 e. The number of rotatable bonds is 12. The number of nitrogens with zero attached hydrogens (tertiary/aromatic N) is 2. The Morgan fingerprint density at radius 1 is 0.902 bits per heavy atom. The van der Waals surface area contributed by atoms with E-state index in [2.05, 4.69) is 10.3 Å². The number of carboxylic acid groups (broad SMARTS) is 1. The van der Waals surface area contributed by atoms with Crippen molar-refractivity contribution in [3.63, 3.8) is 0 Å². The van der Waals surface area contributed by atoms with Gasteiger partial charge in [-0.2, -0.15) is 0 Å². The average molecular weight is 560 g/mol. The number of aliphatic carboxylic acids is 1. The summed E-state index contributed by atoms with van der Waals surface area (Å²) in [6, 6.07) is 20.6. The molecule has 8 nitrogen and oxygen atoms in total. The first-order chi connectivity index (χ1) is 19.7. The summed E-state index contributed by atoms with van der Waals surface area (Å²) in [4.78, 5) is 29.2. The van der Waals surface area contributed by atoms with Gasteiger partial charge in [-0.3, -0.25) is 9.59 Å². The number of anilines is 1. The maximum Gasteiger partial charge on any atom is 0.305 e. The van der Waals surface area contributed by atoms with Crippen molar-refractivity contribution in [3.05, 3.63) is 96.2 Å². The third-order valence-corrected chi connectivity index (χ3v) is 6.81. The van der Waals surface area contributed by atoms with Gasteiger partial charge >= 0.3 is 5.97 Å². The van der Waals surface area contributed by atoms with Gasteiger partial charge in [0.25, 0.3) is 5.91 Å². The van der Waals surface area contributed by atoms with Gasteiger partial charge in [0.15, 0.2) is 0 Å². The lowest BCUT2D eigenvalue weighted by Gasteiger charge is -2.20. The minimum Gasteiger partial charge on any atom is -0.481 e. The van der Waals surface area contributed by atoms with E-state index >= 15 is 0 Å². The third-order valence-electron chi connectivity index (χ3n) is 6.81. The van der Waals surface area contributed by atoms with E-state index in [9.17, 15) is 24.2 Å². The molecule has 0 spiro atoms. The number of hydrogen-bond acceptors (Lipinski definition) is 5. The Morgan fingerprint density at radius 2 is 1.56 bits per heavy atom. The van der Waals surface area contributed by atoms with Gasteiger partial charge in [0.2, 0.25) is 0 Å². The summed E-state index contributed by atoms with van der Waals surface area (Å²) in [6.45, 7) is 3.91. The molecule has 0 aliphatic rings. The molecule has 1 amide bonds. The molecule has 214 valence electrons. The van der Waals surface area contributed by atoms with Gasteiger partial charge in [-0.05, 0) is 68.5 Å². The second-order valence-corrected chi connectivity index (χ2v) is 10.2. The fraction of sp³-hybridized carbons (Fsp3) is 0.281. The number of carbonyl (C=O) groups is 2. The van der Waals surface area contributed by atoms with E-state index in [4.69, 9.17) is 5.11 Å². The van der Waals surface area contributed by atoms with E-state index in [1.54, 1.807) is 36.5 Å². The van der Waals surface area contributed by atoms with Crippen LogP contribution in [0.25, 0.3) is 22.3 Å². The summed E-state index contributed by atoms with van der Waals surface area (Å²) in [5.74, 6) is -1.52. The van der Waals surface area contributed by atoms with Crippen LogP contribution in [-0.2, 0) is 11.2 Å². The predicted octanol–water partition coefficient (Wildman–Crippen LogP) is 5.71. The van der Waals surface area contributed by atoms with Crippen LogP contribution >= 0.6 is 0 Å². The van der Waals surface area contributed by atoms with Crippen LogP contribution in [0.3, 0.4) is 0 Å². The third kappa shape index (κ3) is 7.25. The van der Waals surface area contributed by atoms with Crippen molar-refractivity contribution in [1.82, 2.24) is 9.55 Å². The first kappa shape index (κ1) is 29.6. The van der Waals surface area contributed by atoms with E-state index in [0.29, 0.717) is 29.1 Å². The lowest BCUT2D eigenvalue weighted by atomic mass is 9.92. The van der Waals surface area contributed by atoms with Gasteiger partial charge in [0.05, 0.1) is 18.6 Å². The van der Waals surface area contributed by atoms with E-state index in [1.807, 2.05) is 48.7 Å². The zero-order valence-electron chi connectivity index (χ0n) is 23.0. The minimum atomic E-state index is -1.18. The van der Waals surface area contributed by atoms with Crippen LogP contribution in [0.5, 0.6) is 0 Å². The molecule has 0 saturated heterocycles. The first-order valence-corrected chi connectivity index (χ1v) is 13.5. The predicted molar refractivity (Wildman–Crippen MR) is 155 cm³/mol. The largest absolute Gasteiger partial charge is 0.481 e. The number of amides is 1. The number of benzene rings is 2. The molecule has 4 N–H and O–H groups in total. The molecule has 41 heavy (non-hydrogen) atoms. The molecule has 2 heterocycles. The lowest BCUT2D eigenvalue weighted by molar-refractivity contribution is -0.139. The van der Waals surface area contributed by atoms with Crippen molar-refractivity contribution < 1.29 is 29.3 Å². The fourth-order valence-electron chi connectivity index (χ4n) is 5.12. The molecule has 2 aromatic carbocycles. The Bertz CT molecular complexity index is 1470. The van der Waals surface area contributed by atoms with Gasteiger partial charge in [-0.15, -0.1) is 0 Å². The van der Waals surface area contributed by atoms with Gasteiger partial charge in [0.1, 0.15) is 17.3 Å². The zero-order valence-corrected chi connectivity index (χ0v) is 23.0. The van der Waals surface area contributed by atoms with Gasteiger partial charge in [0, 0.05) is 29.1 Å². The Morgan fingerprint density at radius 3 is 2.17 bits per heavy atom. The quantitative estimate of drug-likeness (QED) is 0.176. The highest BCUT2D eigenvalue weighted by Gasteiger charge is 2.30. The summed E-state index contributed by atoms with van der Waals surface area (Å²) in [5, 5.41) is 32.7. The van der Waals surface area contributed by atoms with Crippen molar-refractivity contribution in [3.8, 4) is 22.3 Å². The molecular formula is C32H34FN3O5. The zero-order chi connectivity index (χ0) is 29.5. The standard InChI is InChI=1S/C32H34FN3O5/c1-20(2)36-26(16-15-24(37)18-25(38)19-28(39)40)29(22-11-13-23(33)14-12-22)30(21-8-4-3-5-9-21)31(36)32(41)35-27-10-6-7-17-34-27/h3-14,17,20,24-25,37-38H,15-16,18-19H2,1-2H3,(H,39,40)(H,34,35,41)/t24-,25-/m1/s1. The Kier molecular flexibility index (Phi) is 9.65. The average Bonchev–Trinajstić information content (AvgIpc) is 3.28. The summed E-state index contributed by atoms with van der Waals surface area (Å²) in [7, 11) is 0. The normalized spacial score (nSPS) is 12.7. The topological polar surface area (TPSA) is 125 Å². The van der Waals surface area contributed by atoms with Crippen LogP contribution in [0.1, 0.15) is 55.3 Å². The summed E-state index contributed by atoms with van der Waals surface area (Å²) in [5.41, 5.74) is 4.03. The number of hydrogen-bond donors (Lipinski definition) is 4. The molecule has 0 fully saturated rings. The second-order valence-electron chi connectivity index (χ2n) is 10.2. The van der Waals surface area contributed by atoms with Crippen molar-refractivity contribution in [2.24, 2.45) is 0 Å². The number of halogens is 1. The van der Waals surface area contributed by atoms with Crippen molar-refractivity contribution >= 4 is 17.7 Å². The molecule has 0 aliphatic heterocycles. The van der Waals surface area contributed by atoms with Crippen LogP contribution < -0.4 is 5.32 Å². The second kappa shape index (κ2) is 13.3. The molecule has 4 aromatic rings. The number of aromatic nitrogens is 2. The highest BCUT2D eigenvalue weighted by atomic mass is 19.1. The molecular weight excluding hydrogens is 525 g/mol. The van der Waals surface area contributed by atoms with Crippen LogP contribution in [0.4, 0.5) is 10.2 Å². The molecule has 2 atom stereocenters. The summed E-state index contributed by atoms with van der Waals surface area (Å²) >= 11 is 0. The monoisotopic (exact) mass is 559 g/mol. The highest BCUT2D eigenvalue weighted by molar-refractivity contribution is 6.10. The van der Waals surface area contributed by atoms with Crippen LogP contribution in [-0.4, -0.2) is 49.0 Å². The molecule has 0 bridgehead atoms. The molecule has 0 saturated carbocycles. The SMILES string of the molecule is CC(C)n1c(CC[C@@H](O)C[C@@H](O)CC(=O)O)c(-c2ccc(F)cc2)c(-c2ccccc2)c1C(=O)Nc1ccccn1. The maximum atomic E-state index is 14.0. The van der Waals surface area contributed by atoms with Crippen molar-refractivity contribution in [1.29, 1.82) is 0 Å². The van der Waals surface area contributed by atoms with Gasteiger partial charge in [-0.1, -0.05) is 48.5 Å². The van der Waals surface area contributed by atoms with Crippen molar-refractivity contribution in [2.45, 2.75) is 57.8 Å². The van der Waals surface area contributed by atoms with E-state index < -0.39 is 30.4 Å². The highest BCUT2D eigenvalue weighted by Crippen LogP contribution is 2.42. The number of aliphatic hydroxyl groups excluding tert-OH is 2. The van der Waals surface area contributed by atoms with Crippen molar-refractivity contribution in [2.75, 3.05) is 5.32 Å². The summed E-state index contributed by atoms with van der Waals surface area (Å²) < 4.78 is 15.9. The fourth-order valence-corrected chi connectivity index (χ4v) is 5.12. The van der Waals surface area contributed by atoms with Gasteiger partial charge < -0.3 is 25.2 Å². The maximum absolute atomic E-state index is 14.0. The number of pyridine rings is 1. The van der Waals surface area contributed by atoms with Gasteiger partial charge in [-0.25, -0.2) is 9.37 Å². The molecule has 0 unspecified atom stereocenters. The Balaban J connectivity index is 1.89. The van der Waals surface area contributed by atoms with E-state index in [-0.39, 0.29) is 24.8 Å². The Hall–Kier alpha value is -4.34. The molecule has 0 aliphatic carbocycles. The Labute approximate surface area is 238 Å². The van der Waals surface area contributed by atoms with E-state index in [0.717, 1.165) is 16.8 Å². The molecule has 2 aromatic heterocycles. The molecule has 4 rings (SSSR count). The number of aliphatic hydroxyl groups is 2. The lowest BCUT2D eigenvalue weighted by Crippen LogP contribution is -2.23. The number of nitrogens with one attached hydrogen (secondary N) is 1.